The first-order chi connectivity index (χ1) is 4.79. The van der Waals surface area contributed by atoms with Crippen molar-refractivity contribution in [2.75, 3.05) is 5.09 Å². The molecule has 0 bridgehead atoms. The van der Waals surface area contributed by atoms with Gasteiger partial charge in [-0.25, -0.2) is 0 Å². The lowest BCUT2D eigenvalue weighted by atomic mass is 10.3. The molecule has 0 aromatic heterocycles. The predicted octanol–water partition coefficient (Wildman–Crippen LogP) is 1.75. The highest BCUT2D eigenvalue weighted by molar-refractivity contribution is 7.39. The first-order valence-corrected chi connectivity index (χ1v) is 3.98. The number of rotatable bonds is 2. The summed E-state index contributed by atoms with van der Waals surface area (Å²) in [6.45, 7) is 0. The van der Waals surface area contributed by atoms with Gasteiger partial charge in [0.05, 0.1) is 5.69 Å². The molecule has 0 saturated carbocycles. The highest BCUT2D eigenvalue weighted by atomic mass is 31.1. The third kappa shape index (κ3) is 2.13. The molecular weight excluding hydrogens is 149 g/mol. The summed E-state index contributed by atoms with van der Waals surface area (Å²) in [7, 11) is -2.28. The van der Waals surface area contributed by atoms with Crippen LogP contribution in [-0.4, -0.2) is 4.89 Å². The van der Waals surface area contributed by atoms with Gasteiger partial charge in [0.25, 0.3) is 0 Å². The van der Waals surface area contributed by atoms with Crippen molar-refractivity contribution in [3.8, 4) is 0 Å². The van der Waals surface area contributed by atoms with Gasteiger partial charge in [-0.05, 0) is 16.7 Å². The zero-order valence-corrected chi connectivity index (χ0v) is 6.08. The van der Waals surface area contributed by atoms with Gasteiger partial charge < -0.3 is 0 Å². The Bertz CT molecular complexity index is 224. The first-order valence-electron chi connectivity index (χ1n) is 2.77. The SMILES string of the molecule is O=[P+](O)Nc1ccccc1. The van der Waals surface area contributed by atoms with Crippen LogP contribution in [0.2, 0.25) is 0 Å². The standard InChI is InChI=1S/C6H6NO2P/c8-10(9)7-6-4-2-1-3-5-6/h1-5H,(H-,7,8,9)/p+1. The first kappa shape index (κ1) is 7.19. The molecule has 1 aromatic rings. The molecule has 0 aliphatic heterocycles. The van der Waals surface area contributed by atoms with E-state index in [-0.39, 0.29) is 0 Å². The maximum Gasteiger partial charge on any atom is 0.640 e. The highest BCUT2D eigenvalue weighted by Gasteiger charge is 2.07. The molecule has 0 aliphatic rings. The highest BCUT2D eigenvalue weighted by Crippen LogP contribution is 2.17. The Kier molecular flexibility index (Phi) is 2.37. The smallest absolute Gasteiger partial charge is 0.151 e. The second-order valence-corrected chi connectivity index (χ2v) is 2.52. The molecule has 0 spiro atoms. The molecule has 52 valence electrons. The number of para-hydroxylation sites is 1. The van der Waals surface area contributed by atoms with Gasteiger partial charge in [-0.1, -0.05) is 18.2 Å². The predicted molar refractivity (Wildman–Crippen MR) is 39.9 cm³/mol. The fourth-order valence-corrected chi connectivity index (χ4v) is 0.993. The van der Waals surface area contributed by atoms with E-state index in [0.717, 1.165) is 0 Å². The zero-order chi connectivity index (χ0) is 7.40. The van der Waals surface area contributed by atoms with Crippen molar-refractivity contribution in [2.45, 2.75) is 0 Å². The van der Waals surface area contributed by atoms with E-state index in [1.54, 1.807) is 24.3 Å². The van der Waals surface area contributed by atoms with Gasteiger partial charge in [0.1, 0.15) is 0 Å². The van der Waals surface area contributed by atoms with Crippen molar-refractivity contribution < 1.29 is 9.46 Å². The Morgan fingerprint density at radius 3 is 2.40 bits per heavy atom. The normalized spacial score (nSPS) is 10.7. The van der Waals surface area contributed by atoms with Crippen LogP contribution in [0, 0.1) is 0 Å². The Morgan fingerprint density at radius 2 is 1.90 bits per heavy atom. The van der Waals surface area contributed by atoms with Crippen LogP contribution >= 0.6 is 8.18 Å². The Hall–Kier alpha value is -0.920. The molecule has 0 amide bonds. The van der Waals surface area contributed by atoms with Crippen LogP contribution < -0.4 is 5.09 Å². The summed E-state index contributed by atoms with van der Waals surface area (Å²) in [5.41, 5.74) is 0.658. The monoisotopic (exact) mass is 156 g/mol. The Balaban J connectivity index is 2.67. The zero-order valence-electron chi connectivity index (χ0n) is 5.19. The summed E-state index contributed by atoms with van der Waals surface area (Å²) in [6.07, 6.45) is 0. The molecule has 0 aliphatic carbocycles. The lowest BCUT2D eigenvalue weighted by molar-refractivity contribution is 0.508. The van der Waals surface area contributed by atoms with Crippen LogP contribution in [-0.2, 0) is 4.57 Å². The minimum atomic E-state index is -2.28. The van der Waals surface area contributed by atoms with Gasteiger partial charge in [-0.3, -0.25) is 0 Å². The van der Waals surface area contributed by atoms with E-state index in [1.165, 1.54) is 0 Å². The molecular formula is C6H7NO2P+. The van der Waals surface area contributed by atoms with E-state index in [0.29, 0.717) is 5.69 Å². The molecule has 1 atom stereocenters. The van der Waals surface area contributed by atoms with Crippen LogP contribution in [0.3, 0.4) is 0 Å². The van der Waals surface area contributed by atoms with E-state index in [2.05, 4.69) is 5.09 Å². The lowest BCUT2D eigenvalue weighted by Crippen LogP contribution is -1.82. The van der Waals surface area contributed by atoms with E-state index >= 15 is 0 Å². The quantitative estimate of drug-likeness (QED) is 0.641. The average Bonchev–Trinajstić information content (AvgIpc) is 1.88. The van der Waals surface area contributed by atoms with Gasteiger partial charge >= 0.3 is 8.18 Å². The van der Waals surface area contributed by atoms with Crippen LogP contribution in [0.15, 0.2) is 30.3 Å². The molecule has 0 saturated heterocycles. The summed E-state index contributed by atoms with van der Waals surface area (Å²) >= 11 is 0. The molecule has 1 aromatic carbocycles. The second kappa shape index (κ2) is 3.30. The van der Waals surface area contributed by atoms with Crippen molar-refractivity contribution in [1.29, 1.82) is 0 Å². The van der Waals surface area contributed by atoms with E-state index in [1.807, 2.05) is 6.07 Å². The maximum atomic E-state index is 10.2. The number of hydrogen-bond donors (Lipinski definition) is 2. The largest absolute Gasteiger partial charge is 0.640 e. The van der Waals surface area contributed by atoms with E-state index in [9.17, 15) is 4.57 Å². The lowest BCUT2D eigenvalue weighted by Gasteiger charge is -1.88. The molecule has 2 N–H and O–H groups in total. The fourth-order valence-electron chi connectivity index (χ4n) is 0.623. The topological polar surface area (TPSA) is 49.3 Å². The van der Waals surface area contributed by atoms with Crippen molar-refractivity contribution in [3.05, 3.63) is 30.3 Å². The molecule has 4 heteroatoms. The summed E-state index contributed by atoms with van der Waals surface area (Å²) < 4.78 is 10.2. The average molecular weight is 156 g/mol. The molecule has 1 unspecified atom stereocenters. The summed E-state index contributed by atoms with van der Waals surface area (Å²) in [4.78, 5) is 8.40. The third-order valence-corrected chi connectivity index (χ3v) is 1.45. The fraction of sp³-hybridized carbons (Fsp3) is 0. The van der Waals surface area contributed by atoms with Crippen molar-refractivity contribution >= 4 is 13.9 Å². The number of benzene rings is 1. The molecule has 1 rings (SSSR count). The minimum absolute atomic E-state index is 0.658. The molecule has 0 heterocycles. The molecule has 0 fully saturated rings. The van der Waals surface area contributed by atoms with E-state index in [4.69, 9.17) is 4.89 Å². The molecule has 10 heavy (non-hydrogen) atoms. The van der Waals surface area contributed by atoms with Gasteiger partial charge in [-0.2, -0.15) is 5.09 Å². The molecule has 0 radical (unpaired) electrons. The van der Waals surface area contributed by atoms with Gasteiger partial charge in [-0.15, -0.1) is 4.89 Å². The number of hydrogen-bond acceptors (Lipinski definition) is 1. The van der Waals surface area contributed by atoms with Crippen molar-refractivity contribution in [2.24, 2.45) is 0 Å². The number of anilines is 1. The Morgan fingerprint density at radius 1 is 1.30 bits per heavy atom. The Labute approximate surface area is 59.6 Å². The van der Waals surface area contributed by atoms with Crippen LogP contribution in [0.25, 0.3) is 0 Å². The maximum absolute atomic E-state index is 10.2. The van der Waals surface area contributed by atoms with Gasteiger partial charge in [0, 0.05) is 0 Å². The second-order valence-electron chi connectivity index (χ2n) is 1.75. The summed E-state index contributed by atoms with van der Waals surface area (Å²) in [5.74, 6) is 0. The van der Waals surface area contributed by atoms with Crippen LogP contribution in [0.5, 0.6) is 0 Å². The minimum Gasteiger partial charge on any atom is -0.151 e. The summed E-state index contributed by atoms with van der Waals surface area (Å²) in [5, 5.41) is 2.37. The molecule has 3 nitrogen and oxygen atoms in total. The summed E-state index contributed by atoms with van der Waals surface area (Å²) in [6, 6.07) is 8.88. The van der Waals surface area contributed by atoms with E-state index < -0.39 is 8.18 Å². The van der Waals surface area contributed by atoms with Gasteiger partial charge in [0.15, 0.2) is 0 Å². The number of nitrogens with one attached hydrogen (secondary N) is 1. The van der Waals surface area contributed by atoms with Crippen molar-refractivity contribution in [1.82, 2.24) is 0 Å². The van der Waals surface area contributed by atoms with Crippen molar-refractivity contribution in [3.63, 3.8) is 0 Å². The third-order valence-electron chi connectivity index (χ3n) is 0.999. The van der Waals surface area contributed by atoms with Crippen LogP contribution in [0.1, 0.15) is 0 Å². The van der Waals surface area contributed by atoms with Crippen LogP contribution in [0.4, 0.5) is 5.69 Å². The van der Waals surface area contributed by atoms with Gasteiger partial charge in [0.2, 0.25) is 0 Å².